The quantitative estimate of drug-likeness (QED) is 0.272. The van der Waals surface area contributed by atoms with Crippen LogP contribution in [0, 0.1) is 11.3 Å². The second kappa shape index (κ2) is 3.53. The number of nitrogens with zero attached hydrogens (tertiary/aromatic N) is 3. The van der Waals surface area contributed by atoms with E-state index < -0.39 is 0 Å². The van der Waals surface area contributed by atoms with Crippen molar-refractivity contribution in [2.75, 3.05) is 16.6 Å². The van der Waals surface area contributed by atoms with Crippen molar-refractivity contribution in [3.05, 3.63) is 5.56 Å². The zero-order valence-electron chi connectivity index (χ0n) is 6.57. The topological polar surface area (TPSA) is 152 Å². The van der Waals surface area contributed by atoms with Crippen molar-refractivity contribution < 1.29 is 0 Å². The first-order valence-electron chi connectivity index (χ1n) is 3.23. The monoisotopic (exact) mass is 180 g/mol. The number of hydrazine groups is 2. The summed E-state index contributed by atoms with van der Waals surface area (Å²) in [7, 11) is 0. The first-order chi connectivity index (χ1) is 6.22. The number of nitrogens with two attached hydrogens (primary N) is 3. The zero-order valence-corrected chi connectivity index (χ0v) is 6.57. The van der Waals surface area contributed by atoms with E-state index in [1.54, 1.807) is 6.07 Å². The van der Waals surface area contributed by atoms with E-state index >= 15 is 0 Å². The van der Waals surface area contributed by atoms with Gasteiger partial charge in [-0.25, -0.2) is 11.7 Å². The number of nitriles is 1. The van der Waals surface area contributed by atoms with Crippen LogP contribution in [-0.4, -0.2) is 9.97 Å². The smallest absolute Gasteiger partial charge is 0.241 e. The lowest BCUT2D eigenvalue weighted by molar-refractivity contribution is 1.10. The minimum Gasteiger partial charge on any atom is -0.382 e. The molecule has 0 spiro atoms. The van der Waals surface area contributed by atoms with Gasteiger partial charge < -0.3 is 11.2 Å². The van der Waals surface area contributed by atoms with Crippen LogP contribution in [0.2, 0.25) is 0 Å². The lowest BCUT2D eigenvalue weighted by Crippen LogP contribution is -2.17. The Bertz CT molecular complexity index is 352. The molecule has 0 saturated carbocycles. The highest BCUT2D eigenvalue weighted by Gasteiger charge is 2.09. The van der Waals surface area contributed by atoms with Crippen LogP contribution < -0.4 is 28.3 Å². The van der Waals surface area contributed by atoms with E-state index in [0.717, 1.165) is 0 Å². The van der Waals surface area contributed by atoms with Gasteiger partial charge in [-0.1, -0.05) is 0 Å². The predicted octanol–water partition coefficient (Wildman–Crippen LogP) is -1.50. The molecule has 1 rings (SSSR count). The van der Waals surface area contributed by atoms with Crippen LogP contribution >= 0.6 is 0 Å². The number of hydrogen-bond donors (Lipinski definition) is 5. The average molecular weight is 180 g/mol. The van der Waals surface area contributed by atoms with Crippen LogP contribution in [0.3, 0.4) is 0 Å². The minimum atomic E-state index is 0.0124. The number of nitrogens with one attached hydrogen (secondary N) is 2. The lowest BCUT2D eigenvalue weighted by Gasteiger charge is -2.05. The van der Waals surface area contributed by atoms with Crippen molar-refractivity contribution in [2.24, 2.45) is 11.7 Å². The SMILES string of the molecule is N#Cc1c(N)nc(NN)nc1NN. The van der Waals surface area contributed by atoms with Gasteiger partial charge in [0.2, 0.25) is 5.95 Å². The van der Waals surface area contributed by atoms with Gasteiger partial charge in [-0.3, -0.25) is 5.43 Å². The van der Waals surface area contributed by atoms with E-state index in [4.69, 9.17) is 22.7 Å². The molecule has 8 nitrogen and oxygen atoms in total. The number of aromatic nitrogens is 2. The van der Waals surface area contributed by atoms with Crippen LogP contribution in [-0.2, 0) is 0 Å². The summed E-state index contributed by atoms with van der Waals surface area (Å²) < 4.78 is 0. The maximum atomic E-state index is 8.64. The van der Waals surface area contributed by atoms with E-state index in [9.17, 15) is 0 Å². The second-order valence-corrected chi connectivity index (χ2v) is 2.06. The lowest BCUT2D eigenvalue weighted by atomic mass is 10.3. The Morgan fingerprint density at radius 3 is 2.38 bits per heavy atom. The van der Waals surface area contributed by atoms with Gasteiger partial charge in [0, 0.05) is 0 Å². The molecule has 0 saturated heterocycles. The van der Waals surface area contributed by atoms with Gasteiger partial charge in [-0.05, 0) is 0 Å². The Balaban J connectivity index is 3.31. The van der Waals surface area contributed by atoms with Crippen molar-refractivity contribution in [3.63, 3.8) is 0 Å². The van der Waals surface area contributed by atoms with Gasteiger partial charge in [0.15, 0.2) is 5.82 Å². The Morgan fingerprint density at radius 1 is 1.23 bits per heavy atom. The molecule has 0 aliphatic carbocycles. The number of rotatable bonds is 2. The first-order valence-corrected chi connectivity index (χ1v) is 3.23. The molecule has 0 atom stereocenters. The molecule has 1 aromatic rings. The van der Waals surface area contributed by atoms with Gasteiger partial charge in [0.25, 0.3) is 0 Å². The van der Waals surface area contributed by atoms with E-state index in [1.807, 2.05) is 0 Å². The standard InChI is InChI=1S/C5H8N8/c6-1-2-3(7)10-5(13-9)11-4(2)12-8/h8-9H2,(H4,7,10,11,12,13). The zero-order chi connectivity index (χ0) is 9.84. The van der Waals surface area contributed by atoms with E-state index in [0.29, 0.717) is 0 Å². The molecule has 0 aromatic carbocycles. The molecule has 0 aliphatic heterocycles. The van der Waals surface area contributed by atoms with Crippen molar-refractivity contribution in [3.8, 4) is 6.07 Å². The van der Waals surface area contributed by atoms with Gasteiger partial charge in [0.05, 0.1) is 0 Å². The minimum absolute atomic E-state index is 0.0124. The molecule has 1 heterocycles. The van der Waals surface area contributed by atoms with Crippen molar-refractivity contribution in [1.29, 1.82) is 5.26 Å². The Labute approximate surface area is 73.7 Å². The third-order valence-electron chi connectivity index (χ3n) is 1.31. The third kappa shape index (κ3) is 1.56. The molecule has 1 aromatic heterocycles. The summed E-state index contributed by atoms with van der Waals surface area (Å²) in [5, 5.41) is 8.64. The molecule has 8 heteroatoms. The molecule has 0 amide bonds. The highest BCUT2D eigenvalue weighted by Crippen LogP contribution is 2.17. The van der Waals surface area contributed by atoms with Crippen LogP contribution in [0.15, 0.2) is 0 Å². The summed E-state index contributed by atoms with van der Waals surface area (Å²) in [5.74, 6) is 10.4. The van der Waals surface area contributed by atoms with Crippen molar-refractivity contribution >= 4 is 17.6 Å². The van der Waals surface area contributed by atoms with Gasteiger partial charge in [0.1, 0.15) is 17.5 Å². The summed E-state index contributed by atoms with van der Waals surface area (Å²) in [4.78, 5) is 7.44. The molecule has 0 radical (unpaired) electrons. The highest BCUT2D eigenvalue weighted by molar-refractivity contribution is 5.64. The predicted molar refractivity (Wildman–Crippen MR) is 46.8 cm³/mol. The van der Waals surface area contributed by atoms with Crippen LogP contribution in [0.4, 0.5) is 17.6 Å². The van der Waals surface area contributed by atoms with Crippen LogP contribution in [0.25, 0.3) is 0 Å². The fourth-order valence-corrected chi connectivity index (χ4v) is 0.757. The molecule has 0 aliphatic rings. The molecule has 13 heavy (non-hydrogen) atoms. The molecule has 0 unspecified atom stereocenters. The van der Waals surface area contributed by atoms with E-state index in [2.05, 4.69) is 20.8 Å². The molecule has 0 bridgehead atoms. The normalized spacial score (nSPS) is 9.00. The van der Waals surface area contributed by atoms with Gasteiger partial charge in [-0.2, -0.15) is 15.2 Å². The molecular formula is C5H8N8. The van der Waals surface area contributed by atoms with Gasteiger partial charge >= 0.3 is 0 Å². The first kappa shape index (κ1) is 8.98. The number of nitrogen functional groups attached to an aromatic ring is 3. The number of anilines is 3. The summed E-state index contributed by atoms with van der Waals surface area (Å²) in [5.41, 5.74) is 9.90. The largest absolute Gasteiger partial charge is 0.382 e. The second-order valence-electron chi connectivity index (χ2n) is 2.06. The fraction of sp³-hybridized carbons (Fsp3) is 0. The van der Waals surface area contributed by atoms with E-state index in [1.165, 1.54) is 0 Å². The Kier molecular flexibility index (Phi) is 2.44. The van der Waals surface area contributed by atoms with Crippen LogP contribution in [0.5, 0.6) is 0 Å². The molecule has 68 valence electrons. The molecule has 0 fully saturated rings. The average Bonchev–Trinajstić information content (AvgIpc) is 2.16. The fourth-order valence-electron chi connectivity index (χ4n) is 0.757. The summed E-state index contributed by atoms with van der Waals surface area (Å²) in [6, 6.07) is 1.80. The van der Waals surface area contributed by atoms with Crippen LogP contribution in [0.1, 0.15) is 5.56 Å². The third-order valence-corrected chi connectivity index (χ3v) is 1.31. The summed E-state index contributed by atoms with van der Waals surface area (Å²) in [6.45, 7) is 0. The van der Waals surface area contributed by atoms with Gasteiger partial charge in [-0.15, -0.1) is 0 Å². The highest BCUT2D eigenvalue weighted by atomic mass is 15.3. The maximum absolute atomic E-state index is 8.64. The van der Waals surface area contributed by atoms with Crippen molar-refractivity contribution in [1.82, 2.24) is 9.97 Å². The summed E-state index contributed by atoms with van der Waals surface area (Å²) in [6.07, 6.45) is 0. The van der Waals surface area contributed by atoms with Crippen molar-refractivity contribution in [2.45, 2.75) is 0 Å². The Morgan fingerprint density at radius 2 is 1.92 bits per heavy atom. The number of hydrogen-bond acceptors (Lipinski definition) is 8. The maximum Gasteiger partial charge on any atom is 0.241 e. The molecular weight excluding hydrogens is 172 g/mol. The summed E-state index contributed by atoms with van der Waals surface area (Å²) >= 11 is 0. The Hall–Kier alpha value is -2.11. The van der Waals surface area contributed by atoms with E-state index in [-0.39, 0.29) is 23.1 Å². The molecule has 8 N–H and O–H groups in total.